The normalized spacial score (nSPS) is 18.1. The molecule has 0 saturated carbocycles. The molecule has 1 fully saturated rings. The van der Waals surface area contributed by atoms with Crippen LogP contribution in [0.15, 0.2) is 67.0 Å². The molecule has 1 unspecified atom stereocenters. The van der Waals surface area contributed by atoms with Crippen molar-refractivity contribution in [3.63, 3.8) is 0 Å². The maximum absolute atomic E-state index is 13.0. The lowest BCUT2D eigenvalue weighted by atomic mass is 9.76. The first-order valence-electron chi connectivity index (χ1n) is 9.56. The summed E-state index contributed by atoms with van der Waals surface area (Å²) in [4.78, 5) is 22.9. The van der Waals surface area contributed by atoms with Crippen LogP contribution in [-0.2, 0) is 11.3 Å². The summed E-state index contributed by atoms with van der Waals surface area (Å²) in [6, 6.07) is 20.9. The highest BCUT2D eigenvalue weighted by Crippen LogP contribution is 2.35. The van der Waals surface area contributed by atoms with Crippen molar-refractivity contribution in [2.45, 2.75) is 25.8 Å². The maximum Gasteiger partial charge on any atom is 0.139 e. The first-order chi connectivity index (χ1) is 13.2. The minimum atomic E-state index is -0.0354. The number of hydrogen-bond acceptors (Lipinski definition) is 3. The lowest BCUT2D eigenvalue weighted by molar-refractivity contribution is -0.126. The number of carbonyl (C=O) groups excluding carboxylic acids is 1. The van der Waals surface area contributed by atoms with E-state index in [1.54, 1.807) is 6.33 Å². The fraction of sp³-hybridized carbons (Fsp3) is 0.304. The summed E-state index contributed by atoms with van der Waals surface area (Å²) in [6.07, 6.45) is 2.35. The van der Waals surface area contributed by atoms with Crippen LogP contribution in [0.1, 0.15) is 34.9 Å². The van der Waals surface area contributed by atoms with Crippen molar-refractivity contribution in [1.29, 1.82) is 0 Å². The molecule has 2 aromatic carbocycles. The molecule has 3 aromatic rings. The van der Waals surface area contributed by atoms with E-state index in [1.165, 1.54) is 11.1 Å². The van der Waals surface area contributed by atoms with Crippen LogP contribution < -0.4 is 0 Å². The van der Waals surface area contributed by atoms with Crippen molar-refractivity contribution in [3.8, 4) is 0 Å². The number of rotatable bonds is 5. The second-order valence-corrected chi connectivity index (χ2v) is 7.32. The molecule has 0 amide bonds. The van der Waals surface area contributed by atoms with Gasteiger partial charge < -0.3 is 4.98 Å². The Labute approximate surface area is 160 Å². The van der Waals surface area contributed by atoms with Crippen LogP contribution in [0.3, 0.4) is 0 Å². The first-order valence-corrected chi connectivity index (χ1v) is 9.56. The quantitative estimate of drug-likeness (QED) is 0.751. The van der Waals surface area contributed by atoms with Crippen LogP contribution in [0.2, 0.25) is 0 Å². The highest BCUT2D eigenvalue weighted by Gasteiger charge is 2.35. The lowest BCUT2D eigenvalue weighted by Crippen LogP contribution is -2.43. The van der Waals surface area contributed by atoms with E-state index in [9.17, 15) is 4.79 Å². The Morgan fingerprint density at radius 3 is 2.26 bits per heavy atom. The van der Waals surface area contributed by atoms with Crippen molar-refractivity contribution in [3.05, 3.63) is 89.5 Å². The van der Waals surface area contributed by atoms with Crippen LogP contribution in [-0.4, -0.2) is 33.7 Å². The number of benzene rings is 2. The van der Waals surface area contributed by atoms with E-state index in [2.05, 4.69) is 63.4 Å². The van der Waals surface area contributed by atoms with Gasteiger partial charge in [-0.2, -0.15) is 0 Å². The molecule has 1 aliphatic heterocycles. The van der Waals surface area contributed by atoms with E-state index >= 15 is 0 Å². The number of hydrogen-bond donors (Lipinski definition) is 1. The predicted octanol–water partition coefficient (Wildman–Crippen LogP) is 3.94. The van der Waals surface area contributed by atoms with E-state index in [0.29, 0.717) is 12.2 Å². The van der Waals surface area contributed by atoms with Crippen molar-refractivity contribution >= 4 is 5.78 Å². The van der Waals surface area contributed by atoms with E-state index in [1.807, 2.05) is 19.1 Å². The average molecular weight is 359 g/mol. The number of likely N-dealkylation sites (tertiary alicyclic amines) is 1. The van der Waals surface area contributed by atoms with E-state index < -0.39 is 0 Å². The van der Waals surface area contributed by atoms with Gasteiger partial charge in [-0.05, 0) is 18.1 Å². The van der Waals surface area contributed by atoms with Crippen LogP contribution in [0.5, 0.6) is 0 Å². The SMILES string of the molecule is Cc1nc[nH]c1CN1CCC(=O)C(C(c2ccccc2)c2ccccc2)C1. The second kappa shape index (κ2) is 7.89. The van der Waals surface area contributed by atoms with Gasteiger partial charge in [0.15, 0.2) is 0 Å². The number of aromatic nitrogens is 2. The van der Waals surface area contributed by atoms with E-state index in [0.717, 1.165) is 31.0 Å². The molecule has 0 spiro atoms. The van der Waals surface area contributed by atoms with Gasteiger partial charge >= 0.3 is 0 Å². The Bertz CT molecular complexity index is 849. The van der Waals surface area contributed by atoms with Crippen LogP contribution in [0, 0.1) is 12.8 Å². The number of aryl methyl sites for hydroxylation is 1. The highest BCUT2D eigenvalue weighted by atomic mass is 16.1. The fourth-order valence-electron chi connectivity index (χ4n) is 4.11. The monoisotopic (exact) mass is 359 g/mol. The number of imidazole rings is 1. The molecular formula is C23H25N3O. The third-order valence-corrected chi connectivity index (χ3v) is 5.58. The summed E-state index contributed by atoms with van der Waals surface area (Å²) >= 11 is 0. The Morgan fingerprint density at radius 2 is 1.70 bits per heavy atom. The number of carbonyl (C=O) groups is 1. The van der Waals surface area contributed by atoms with Crippen molar-refractivity contribution in [2.24, 2.45) is 5.92 Å². The molecule has 2 heterocycles. The fourth-order valence-corrected chi connectivity index (χ4v) is 4.11. The van der Waals surface area contributed by atoms with Crippen LogP contribution in [0.4, 0.5) is 0 Å². The molecule has 1 atom stereocenters. The molecule has 1 N–H and O–H groups in total. The zero-order valence-corrected chi connectivity index (χ0v) is 15.6. The molecule has 1 aliphatic rings. The molecule has 4 heteroatoms. The minimum Gasteiger partial charge on any atom is -0.347 e. The van der Waals surface area contributed by atoms with Crippen molar-refractivity contribution in [1.82, 2.24) is 14.9 Å². The maximum atomic E-state index is 13.0. The number of H-pyrrole nitrogens is 1. The van der Waals surface area contributed by atoms with Gasteiger partial charge in [0.05, 0.1) is 17.7 Å². The highest BCUT2D eigenvalue weighted by molar-refractivity contribution is 5.83. The molecule has 4 nitrogen and oxygen atoms in total. The van der Waals surface area contributed by atoms with Crippen molar-refractivity contribution in [2.75, 3.05) is 13.1 Å². The van der Waals surface area contributed by atoms with Gasteiger partial charge in [-0.1, -0.05) is 60.7 Å². The predicted molar refractivity (Wildman–Crippen MR) is 106 cm³/mol. The second-order valence-electron chi connectivity index (χ2n) is 7.32. The number of Topliss-reactive ketones (excluding diaryl/α,β-unsaturated/α-hetero) is 1. The van der Waals surface area contributed by atoms with Gasteiger partial charge in [0, 0.05) is 37.9 Å². The number of ketones is 1. The molecule has 138 valence electrons. The van der Waals surface area contributed by atoms with Gasteiger partial charge in [0.1, 0.15) is 5.78 Å². The van der Waals surface area contributed by atoms with Crippen LogP contribution >= 0.6 is 0 Å². The van der Waals surface area contributed by atoms with Gasteiger partial charge in [0.2, 0.25) is 0 Å². The van der Waals surface area contributed by atoms with Crippen LogP contribution in [0.25, 0.3) is 0 Å². The molecule has 0 bridgehead atoms. The van der Waals surface area contributed by atoms with Gasteiger partial charge in [0.25, 0.3) is 0 Å². The Hall–Kier alpha value is -2.72. The summed E-state index contributed by atoms with van der Waals surface area (Å²) in [7, 11) is 0. The summed E-state index contributed by atoms with van der Waals surface area (Å²) in [5.41, 5.74) is 4.59. The summed E-state index contributed by atoms with van der Waals surface area (Å²) in [6.45, 7) is 4.41. The molecule has 1 saturated heterocycles. The van der Waals surface area contributed by atoms with E-state index in [4.69, 9.17) is 0 Å². The average Bonchev–Trinajstić information content (AvgIpc) is 3.11. The molecule has 0 radical (unpaired) electrons. The van der Waals surface area contributed by atoms with Gasteiger partial charge in [-0.3, -0.25) is 9.69 Å². The third kappa shape index (κ3) is 3.86. The Kier molecular flexibility index (Phi) is 5.16. The third-order valence-electron chi connectivity index (χ3n) is 5.58. The Balaban J connectivity index is 1.64. The smallest absolute Gasteiger partial charge is 0.139 e. The van der Waals surface area contributed by atoms with E-state index in [-0.39, 0.29) is 11.8 Å². The molecular weight excluding hydrogens is 334 g/mol. The topological polar surface area (TPSA) is 49.0 Å². The molecule has 4 rings (SSSR count). The lowest BCUT2D eigenvalue weighted by Gasteiger charge is -2.36. The minimum absolute atomic E-state index is 0.0354. The molecule has 1 aromatic heterocycles. The number of piperidine rings is 1. The van der Waals surface area contributed by atoms with Gasteiger partial charge in [-0.25, -0.2) is 4.98 Å². The summed E-state index contributed by atoms with van der Waals surface area (Å²) in [5, 5.41) is 0. The largest absolute Gasteiger partial charge is 0.347 e. The molecule has 27 heavy (non-hydrogen) atoms. The standard InChI is InChI=1S/C23H25N3O/c1-17-21(25-16-24-17)15-26-13-12-22(27)20(14-26)23(18-8-4-2-5-9-18)19-10-6-3-7-11-19/h2-11,16,20,23H,12-15H2,1H3,(H,24,25). The first kappa shape index (κ1) is 17.7. The summed E-state index contributed by atoms with van der Waals surface area (Å²) < 4.78 is 0. The summed E-state index contributed by atoms with van der Waals surface area (Å²) in [5.74, 6) is 0.419. The number of nitrogens with one attached hydrogen (secondary N) is 1. The molecule has 0 aliphatic carbocycles. The number of aromatic amines is 1. The number of nitrogens with zero attached hydrogens (tertiary/aromatic N) is 2. The zero-order valence-electron chi connectivity index (χ0n) is 15.6. The van der Waals surface area contributed by atoms with Crippen molar-refractivity contribution < 1.29 is 4.79 Å². The Morgan fingerprint density at radius 1 is 1.07 bits per heavy atom. The zero-order chi connectivity index (χ0) is 18.6. The van der Waals surface area contributed by atoms with Gasteiger partial charge in [-0.15, -0.1) is 0 Å².